The summed E-state index contributed by atoms with van der Waals surface area (Å²) >= 11 is 0. The summed E-state index contributed by atoms with van der Waals surface area (Å²) in [5.41, 5.74) is 0.555. The van der Waals surface area contributed by atoms with Crippen LogP contribution in [0, 0.1) is 5.92 Å². The number of carboxylic acid groups (broad SMARTS) is 1. The Labute approximate surface area is 134 Å². The molecule has 0 bridgehead atoms. The lowest BCUT2D eigenvalue weighted by molar-refractivity contribution is -0.139. The van der Waals surface area contributed by atoms with E-state index >= 15 is 0 Å². The van der Waals surface area contributed by atoms with Crippen molar-refractivity contribution >= 4 is 12.1 Å². The summed E-state index contributed by atoms with van der Waals surface area (Å²) in [5.74, 6) is -1.22. The maximum atomic E-state index is 12.2. The van der Waals surface area contributed by atoms with Crippen molar-refractivity contribution < 1.29 is 19.4 Å². The topological polar surface area (TPSA) is 97.5 Å². The third kappa shape index (κ3) is 3.46. The maximum Gasteiger partial charge on any atom is 0.410 e. The largest absolute Gasteiger partial charge is 0.481 e. The summed E-state index contributed by atoms with van der Waals surface area (Å²) in [7, 11) is 0. The highest BCUT2D eigenvalue weighted by Gasteiger charge is 2.39. The number of carbonyl (C=O) groups excluding carboxylic acids is 1. The molecule has 1 aromatic heterocycles. The van der Waals surface area contributed by atoms with Gasteiger partial charge in [0.1, 0.15) is 17.2 Å². The Kier molecular flexibility index (Phi) is 3.77. The normalized spacial score (nSPS) is 21.0. The summed E-state index contributed by atoms with van der Waals surface area (Å²) in [6, 6.07) is 0. The minimum Gasteiger partial charge on any atom is -0.481 e. The Hall–Kier alpha value is -2.12. The van der Waals surface area contributed by atoms with Crippen LogP contribution in [0.25, 0.3) is 0 Å². The molecule has 0 radical (unpaired) electrons. The SMILES string of the molecule is CC(C)(C)OC(=O)N1Cc2nnn(CC3CC3)c2[C@@H](C(=O)O)C1. The van der Waals surface area contributed by atoms with E-state index in [1.807, 2.05) is 0 Å². The van der Waals surface area contributed by atoms with Crippen LogP contribution in [0.3, 0.4) is 0 Å². The smallest absolute Gasteiger partial charge is 0.410 e. The highest BCUT2D eigenvalue weighted by molar-refractivity contribution is 5.78. The first-order valence-corrected chi connectivity index (χ1v) is 7.87. The molecule has 1 atom stereocenters. The van der Waals surface area contributed by atoms with Crippen molar-refractivity contribution in [2.45, 2.75) is 58.2 Å². The standard InChI is InChI=1S/C15H22N4O4/c1-15(2,3)23-14(22)18-7-10(13(20)21)12-11(8-18)16-17-19(12)6-9-4-5-9/h9-10H,4-8H2,1-3H3,(H,20,21)/t10-/m0/s1. The van der Waals surface area contributed by atoms with Crippen molar-refractivity contribution in [1.82, 2.24) is 19.9 Å². The van der Waals surface area contributed by atoms with Gasteiger partial charge in [-0.05, 0) is 39.5 Å². The van der Waals surface area contributed by atoms with Crippen LogP contribution in [-0.2, 0) is 22.6 Å². The van der Waals surface area contributed by atoms with Crippen LogP contribution in [-0.4, -0.2) is 49.2 Å². The van der Waals surface area contributed by atoms with E-state index in [1.54, 1.807) is 25.5 Å². The monoisotopic (exact) mass is 322 g/mol. The molecule has 8 heteroatoms. The molecule has 2 aliphatic rings. The first kappa shape index (κ1) is 15.8. The number of aliphatic carboxylic acids is 1. The van der Waals surface area contributed by atoms with Gasteiger partial charge in [0.2, 0.25) is 0 Å². The highest BCUT2D eigenvalue weighted by atomic mass is 16.6. The Balaban J connectivity index is 1.83. The molecule has 0 unspecified atom stereocenters. The summed E-state index contributed by atoms with van der Waals surface area (Å²) < 4.78 is 7.05. The lowest BCUT2D eigenvalue weighted by atomic mass is 9.98. The van der Waals surface area contributed by atoms with Crippen molar-refractivity contribution in [2.75, 3.05) is 6.54 Å². The average molecular weight is 322 g/mol. The van der Waals surface area contributed by atoms with Crippen molar-refractivity contribution in [3.63, 3.8) is 0 Å². The average Bonchev–Trinajstić information content (AvgIpc) is 3.15. The van der Waals surface area contributed by atoms with Gasteiger partial charge in [0.15, 0.2) is 0 Å². The summed E-state index contributed by atoms with van der Waals surface area (Å²) in [4.78, 5) is 25.3. The van der Waals surface area contributed by atoms with Crippen LogP contribution in [0.15, 0.2) is 0 Å². The third-order valence-electron chi connectivity index (χ3n) is 4.00. The van der Waals surface area contributed by atoms with Crippen molar-refractivity contribution in [1.29, 1.82) is 0 Å². The molecule has 2 heterocycles. The molecule has 0 spiro atoms. The van der Waals surface area contributed by atoms with Gasteiger partial charge in [-0.3, -0.25) is 4.79 Å². The zero-order valence-corrected chi connectivity index (χ0v) is 13.7. The second kappa shape index (κ2) is 5.50. The fourth-order valence-corrected chi connectivity index (χ4v) is 2.74. The molecule has 1 fully saturated rings. The predicted molar refractivity (Wildman–Crippen MR) is 79.8 cm³/mol. The van der Waals surface area contributed by atoms with Crippen LogP contribution in [0.5, 0.6) is 0 Å². The van der Waals surface area contributed by atoms with E-state index in [0.29, 0.717) is 23.9 Å². The Morgan fingerprint density at radius 3 is 2.61 bits per heavy atom. The number of rotatable bonds is 3. The van der Waals surface area contributed by atoms with E-state index in [-0.39, 0.29) is 13.1 Å². The number of hydrogen-bond donors (Lipinski definition) is 1. The van der Waals surface area contributed by atoms with Gasteiger partial charge in [-0.2, -0.15) is 0 Å². The molecule has 1 amide bonds. The van der Waals surface area contributed by atoms with Gasteiger partial charge >= 0.3 is 12.1 Å². The number of carbonyl (C=O) groups is 2. The number of aromatic nitrogens is 3. The third-order valence-corrected chi connectivity index (χ3v) is 4.00. The van der Waals surface area contributed by atoms with Crippen LogP contribution in [0.4, 0.5) is 4.79 Å². The molecule has 1 N–H and O–H groups in total. The Bertz CT molecular complexity index is 630. The Morgan fingerprint density at radius 2 is 2.04 bits per heavy atom. The summed E-state index contributed by atoms with van der Waals surface area (Å²) in [6.07, 6.45) is 1.78. The van der Waals surface area contributed by atoms with Crippen molar-refractivity contribution in [3.8, 4) is 0 Å². The lowest BCUT2D eigenvalue weighted by Gasteiger charge is -2.32. The number of hydrogen-bond acceptors (Lipinski definition) is 5. The zero-order chi connectivity index (χ0) is 16.8. The van der Waals surface area contributed by atoms with Crippen molar-refractivity contribution in [2.24, 2.45) is 5.92 Å². The molecular weight excluding hydrogens is 300 g/mol. The van der Waals surface area contributed by atoms with Gasteiger partial charge in [0.05, 0.1) is 12.2 Å². The van der Waals surface area contributed by atoms with Gasteiger partial charge in [-0.25, -0.2) is 9.48 Å². The number of amides is 1. The number of fused-ring (bicyclic) bond motifs is 1. The van der Waals surface area contributed by atoms with Gasteiger partial charge in [-0.15, -0.1) is 5.10 Å². The molecule has 1 saturated carbocycles. The van der Waals surface area contributed by atoms with Crippen LogP contribution in [0.2, 0.25) is 0 Å². The number of ether oxygens (including phenoxy) is 1. The fourth-order valence-electron chi connectivity index (χ4n) is 2.74. The molecule has 126 valence electrons. The van der Waals surface area contributed by atoms with E-state index in [4.69, 9.17) is 4.74 Å². The molecular formula is C15H22N4O4. The molecule has 0 saturated heterocycles. The predicted octanol–water partition coefficient (Wildman–Crippen LogP) is 1.61. The lowest BCUT2D eigenvalue weighted by Crippen LogP contribution is -2.43. The van der Waals surface area contributed by atoms with Gasteiger partial charge in [-0.1, -0.05) is 5.21 Å². The molecule has 1 aliphatic heterocycles. The quantitative estimate of drug-likeness (QED) is 0.908. The first-order valence-electron chi connectivity index (χ1n) is 7.87. The fraction of sp³-hybridized carbons (Fsp3) is 0.733. The highest BCUT2D eigenvalue weighted by Crippen LogP contribution is 2.34. The molecule has 1 aliphatic carbocycles. The second-order valence-electron chi connectivity index (χ2n) is 7.30. The van der Waals surface area contributed by atoms with Crippen molar-refractivity contribution in [3.05, 3.63) is 11.4 Å². The molecule has 1 aromatic rings. The van der Waals surface area contributed by atoms with E-state index in [9.17, 15) is 14.7 Å². The maximum absolute atomic E-state index is 12.2. The summed E-state index contributed by atoms with van der Waals surface area (Å²) in [6.45, 7) is 6.36. The van der Waals surface area contributed by atoms with Crippen LogP contribution < -0.4 is 0 Å². The molecule has 23 heavy (non-hydrogen) atoms. The summed E-state index contributed by atoms with van der Waals surface area (Å²) in [5, 5.41) is 17.8. The van der Waals surface area contributed by atoms with E-state index in [1.165, 1.54) is 4.90 Å². The van der Waals surface area contributed by atoms with E-state index in [2.05, 4.69) is 10.3 Å². The minimum absolute atomic E-state index is 0.0787. The van der Waals surface area contributed by atoms with E-state index < -0.39 is 23.6 Å². The minimum atomic E-state index is -0.973. The van der Waals surface area contributed by atoms with E-state index in [0.717, 1.165) is 12.8 Å². The van der Waals surface area contributed by atoms with Gasteiger partial charge in [0, 0.05) is 13.1 Å². The van der Waals surface area contributed by atoms with Gasteiger partial charge < -0.3 is 14.7 Å². The second-order valence-corrected chi connectivity index (χ2v) is 7.30. The molecule has 8 nitrogen and oxygen atoms in total. The molecule has 3 rings (SSSR count). The molecule has 0 aromatic carbocycles. The number of nitrogens with zero attached hydrogens (tertiary/aromatic N) is 4. The zero-order valence-electron chi connectivity index (χ0n) is 13.7. The number of carboxylic acids is 1. The van der Waals surface area contributed by atoms with Gasteiger partial charge in [0.25, 0.3) is 0 Å². The Morgan fingerprint density at radius 1 is 1.35 bits per heavy atom. The van der Waals surface area contributed by atoms with Crippen LogP contribution >= 0.6 is 0 Å². The first-order chi connectivity index (χ1) is 10.7. The van der Waals surface area contributed by atoms with Crippen LogP contribution in [0.1, 0.15) is 50.9 Å².